The largest absolute Gasteiger partial charge is 0.494 e. The van der Waals surface area contributed by atoms with Crippen LogP contribution in [0.5, 0.6) is 0 Å². The number of rotatable bonds is 6. The number of fused-ring (bicyclic) bond motifs is 1. The standard InChI is InChI=1S/C20H24ClN3O4S.ClH/c1-14-11-15(21)12-17-18(14)22-20(29-17)24(19(25)16-13-27-9-10-28-16)4-2-3-23-5-7-26-8-6-23;/h11-13H,2-10H2,1H3;1H. The van der Waals surface area contributed by atoms with Crippen molar-refractivity contribution in [2.24, 2.45) is 0 Å². The fraction of sp³-hybridized carbons (Fsp3) is 0.500. The number of anilines is 1. The van der Waals surface area contributed by atoms with Crippen LogP contribution >= 0.6 is 35.3 Å². The molecule has 1 aromatic carbocycles. The monoisotopic (exact) mass is 473 g/mol. The minimum atomic E-state index is -0.227. The molecule has 0 bridgehead atoms. The third-order valence-electron chi connectivity index (χ3n) is 4.93. The summed E-state index contributed by atoms with van der Waals surface area (Å²) >= 11 is 7.67. The fourth-order valence-corrected chi connectivity index (χ4v) is 4.88. The number of carbonyl (C=O) groups is 1. The van der Waals surface area contributed by atoms with Gasteiger partial charge in [0.2, 0.25) is 5.76 Å². The Kier molecular flexibility index (Phi) is 8.19. The van der Waals surface area contributed by atoms with Crippen molar-refractivity contribution in [2.45, 2.75) is 13.3 Å². The van der Waals surface area contributed by atoms with Crippen LogP contribution in [0.1, 0.15) is 12.0 Å². The van der Waals surface area contributed by atoms with Gasteiger partial charge in [0.15, 0.2) is 5.13 Å². The summed E-state index contributed by atoms with van der Waals surface area (Å²) in [4.78, 5) is 22.0. The van der Waals surface area contributed by atoms with Gasteiger partial charge >= 0.3 is 0 Å². The van der Waals surface area contributed by atoms with Gasteiger partial charge in [0.25, 0.3) is 5.91 Å². The smallest absolute Gasteiger partial charge is 0.298 e. The number of aryl methyl sites for hydroxylation is 1. The lowest BCUT2D eigenvalue weighted by molar-refractivity contribution is -0.119. The molecule has 2 aliphatic heterocycles. The van der Waals surface area contributed by atoms with Crippen LogP contribution in [0.25, 0.3) is 10.2 Å². The van der Waals surface area contributed by atoms with Crippen LogP contribution in [0.15, 0.2) is 24.2 Å². The third kappa shape index (κ3) is 5.36. The summed E-state index contributed by atoms with van der Waals surface area (Å²) in [5, 5.41) is 1.31. The van der Waals surface area contributed by atoms with Gasteiger partial charge in [0.1, 0.15) is 19.5 Å². The number of ether oxygens (including phenoxy) is 3. The summed E-state index contributed by atoms with van der Waals surface area (Å²) in [5.74, 6) is -0.00823. The molecule has 2 aromatic rings. The highest BCUT2D eigenvalue weighted by Gasteiger charge is 2.26. The highest BCUT2D eigenvalue weighted by atomic mass is 35.5. The van der Waals surface area contributed by atoms with E-state index in [-0.39, 0.29) is 24.1 Å². The summed E-state index contributed by atoms with van der Waals surface area (Å²) in [6.45, 7) is 7.62. The lowest BCUT2D eigenvalue weighted by Gasteiger charge is -2.28. The molecule has 10 heteroatoms. The van der Waals surface area contributed by atoms with Gasteiger partial charge < -0.3 is 14.2 Å². The van der Waals surface area contributed by atoms with Crippen molar-refractivity contribution in [1.82, 2.24) is 9.88 Å². The molecule has 3 heterocycles. The molecule has 0 aliphatic carbocycles. The van der Waals surface area contributed by atoms with Crippen LogP contribution in [0.2, 0.25) is 5.02 Å². The second-order valence-corrected chi connectivity index (χ2v) is 8.48. The summed E-state index contributed by atoms with van der Waals surface area (Å²) in [6, 6.07) is 3.78. The van der Waals surface area contributed by atoms with E-state index in [1.165, 1.54) is 17.6 Å². The van der Waals surface area contributed by atoms with E-state index in [9.17, 15) is 4.79 Å². The first-order valence-corrected chi connectivity index (χ1v) is 10.9. The van der Waals surface area contributed by atoms with E-state index in [2.05, 4.69) is 4.90 Å². The van der Waals surface area contributed by atoms with E-state index < -0.39 is 0 Å². The zero-order valence-corrected chi connectivity index (χ0v) is 19.2. The van der Waals surface area contributed by atoms with Crippen LogP contribution in [0, 0.1) is 6.92 Å². The highest BCUT2D eigenvalue weighted by Crippen LogP contribution is 2.33. The first kappa shape index (κ1) is 23.1. The fourth-order valence-electron chi connectivity index (χ4n) is 3.43. The predicted octanol–water partition coefficient (Wildman–Crippen LogP) is 3.62. The Morgan fingerprint density at radius 2 is 2.07 bits per heavy atom. The first-order valence-electron chi connectivity index (χ1n) is 9.75. The number of morpholine rings is 1. The second-order valence-electron chi connectivity index (χ2n) is 7.03. The maximum Gasteiger partial charge on any atom is 0.298 e. The number of hydrogen-bond donors (Lipinski definition) is 0. The number of amides is 1. The van der Waals surface area contributed by atoms with Gasteiger partial charge in [-0.15, -0.1) is 12.4 Å². The van der Waals surface area contributed by atoms with Gasteiger partial charge in [-0.3, -0.25) is 14.6 Å². The SMILES string of the molecule is Cc1cc(Cl)cc2sc(N(CCCN3CCOCC3)C(=O)C3=COCCO3)nc12.Cl. The van der Waals surface area contributed by atoms with Gasteiger partial charge in [0, 0.05) is 31.2 Å². The topological polar surface area (TPSA) is 64.1 Å². The van der Waals surface area contributed by atoms with E-state index in [0.717, 1.165) is 55.0 Å². The molecule has 4 rings (SSSR count). The molecule has 0 radical (unpaired) electrons. The number of nitrogens with zero attached hydrogens (tertiary/aromatic N) is 3. The molecule has 0 saturated carbocycles. The van der Waals surface area contributed by atoms with E-state index in [4.69, 9.17) is 30.8 Å². The minimum Gasteiger partial charge on any atom is -0.494 e. The van der Waals surface area contributed by atoms with Gasteiger partial charge in [-0.2, -0.15) is 0 Å². The maximum absolute atomic E-state index is 13.2. The van der Waals surface area contributed by atoms with Gasteiger partial charge in [-0.1, -0.05) is 22.9 Å². The molecule has 1 aromatic heterocycles. The molecule has 0 atom stereocenters. The maximum atomic E-state index is 13.2. The van der Waals surface area contributed by atoms with Crippen LogP contribution < -0.4 is 4.90 Å². The molecule has 1 saturated heterocycles. The van der Waals surface area contributed by atoms with Crippen molar-refractivity contribution < 1.29 is 19.0 Å². The third-order valence-corrected chi connectivity index (χ3v) is 6.18. The molecule has 7 nitrogen and oxygen atoms in total. The van der Waals surface area contributed by atoms with Crippen molar-refractivity contribution in [2.75, 3.05) is 57.5 Å². The Hall–Kier alpha value is -1.58. The Morgan fingerprint density at radius 1 is 1.27 bits per heavy atom. The van der Waals surface area contributed by atoms with E-state index in [1.807, 2.05) is 19.1 Å². The van der Waals surface area contributed by atoms with E-state index in [0.29, 0.717) is 29.9 Å². The van der Waals surface area contributed by atoms with E-state index >= 15 is 0 Å². The zero-order chi connectivity index (χ0) is 20.2. The number of hydrogen-bond acceptors (Lipinski definition) is 7. The van der Waals surface area contributed by atoms with Crippen LogP contribution in [-0.4, -0.2) is 68.4 Å². The first-order chi connectivity index (χ1) is 14.1. The van der Waals surface area contributed by atoms with Crippen LogP contribution in [0.4, 0.5) is 5.13 Å². The van der Waals surface area contributed by atoms with Crippen LogP contribution in [0.3, 0.4) is 0 Å². The molecule has 1 amide bonds. The molecule has 0 N–H and O–H groups in total. The van der Waals surface area contributed by atoms with Crippen molar-refractivity contribution in [1.29, 1.82) is 0 Å². The molecule has 1 fully saturated rings. The summed E-state index contributed by atoms with van der Waals surface area (Å²) < 4.78 is 17.2. The Balaban J connectivity index is 0.00000256. The average Bonchev–Trinajstić information content (AvgIpc) is 3.16. The summed E-state index contributed by atoms with van der Waals surface area (Å²) in [5.41, 5.74) is 1.86. The summed E-state index contributed by atoms with van der Waals surface area (Å²) in [7, 11) is 0. The Labute approximate surface area is 190 Å². The van der Waals surface area contributed by atoms with Gasteiger partial charge in [-0.05, 0) is 31.0 Å². The van der Waals surface area contributed by atoms with Gasteiger partial charge in [-0.25, -0.2) is 4.98 Å². The summed E-state index contributed by atoms with van der Waals surface area (Å²) in [6.07, 6.45) is 2.23. The number of carbonyl (C=O) groups excluding carboxylic acids is 1. The molecule has 0 spiro atoms. The second kappa shape index (κ2) is 10.6. The normalized spacial score (nSPS) is 16.9. The number of benzene rings is 1. The molecular formula is C20H25Cl2N3O4S. The van der Waals surface area contributed by atoms with Crippen molar-refractivity contribution in [3.05, 3.63) is 34.7 Å². The van der Waals surface area contributed by atoms with Crippen molar-refractivity contribution in [3.63, 3.8) is 0 Å². The van der Waals surface area contributed by atoms with Crippen LogP contribution in [-0.2, 0) is 19.0 Å². The number of halogens is 2. The van der Waals surface area contributed by atoms with Gasteiger partial charge in [0.05, 0.1) is 23.4 Å². The molecule has 30 heavy (non-hydrogen) atoms. The highest BCUT2D eigenvalue weighted by molar-refractivity contribution is 7.22. The lowest BCUT2D eigenvalue weighted by atomic mass is 10.2. The predicted molar refractivity (Wildman–Crippen MR) is 121 cm³/mol. The molecule has 164 valence electrons. The van der Waals surface area contributed by atoms with E-state index in [1.54, 1.807) is 4.90 Å². The number of aromatic nitrogens is 1. The zero-order valence-electron chi connectivity index (χ0n) is 16.8. The molecule has 2 aliphatic rings. The Bertz CT molecular complexity index is 915. The quantitative estimate of drug-likeness (QED) is 0.638. The number of thiazole rings is 1. The Morgan fingerprint density at radius 3 is 2.80 bits per heavy atom. The average molecular weight is 474 g/mol. The molecular weight excluding hydrogens is 449 g/mol. The molecule has 0 unspecified atom stereocenters. The van der Waals surface area contributed by atoms with Crippen molar-refractivity contribution in [3.8, 4) is 0 Å². The van der Waals surface area contributed by atoms with Crippen molar-refractivity contribution >= 4 is 56.6 Å². The lowest BCUT2D eigenvalue weighted by Crippen LogP contribution is -2.40. The minimum absolute atomic E-state index is 0.